The van der Waals surface area contributed by atoms with E-state index in [2.05, 4.69) is 21.4 Å². The van der Waals surface area contributed by atoms with Crippen LogP contribution in [0.2, 0.25) is 0 Å². The Balaban J connectivity index is 1.33. The summed E-state index contributed by atoms with van der Waals surface area (Å²) in [4.78, 5) is 38.6. The van der Waals surface area contributed by atoms with Crippen LogP contribution >= 0.6 is 0 Å². The normalized spacial score (nSPS) is 19.4. The highest BCUT2D eigenvalue weighted by Gasteiger charge is 2.62. The van der Waals surface area contributed by atoms with Crippen LogP contribution in [0.5, 0.6) is 0 Å². The van der Waals surface area contributed by atoms with Crippen LogP contribution in [0.1, 0.15) is 48.7 Å². The number of amides is 3. The van der Waals surface area contributed by atoms with Crippen molar-refractivity contribution in [2.75, 3.05) is 18.0 Å². The number of nitriles is 1. The van der Waals surface area contributed by atoms with Crippen LogP contribution in [0.3, 0.4) is 0 Å². The molecule has 182 valence electrons. The maximum atomic E-state index is 13.6. The van der Waals surface area contributed by atoms with Crippen molar-refractivity contribution in [3.8, 4) is 6.07 Å². The highest BCUT2D eigenvalue weighted by Crippen LogP contribution is 2.57. The number of aromatic nitrogens is 2. The van der Waals surface area contributed by atoms with E-state index in [1.54, 1.807) is 40.4 Å². The molecule has 1 N–H and O–H groups in total. The SMILES string of the molecule is C[C@H](NC(=O)N1CCC2(CC1)C(=O)N(c1cncc(C#N)c1)C2c1ccccn1)c1ccc(F)cc1. The fraction of sp³-hybridized carbons (Fsp3) is 0.296. The molecule has 2 atom stereocenters. The molecule has 3 aromatic rings. The van der Waals surface area contributed by atoms with E-state index in [-0.39, 0.29) is 29.8 Å². The van der Waals surface area contributed by atoms with Crippen LogP contribution in [-0.2, 0) is 4.79 Å². The molecular weight excluding hydrogens is 459 g/mol. The number of nitrogens with one attached hydrogen (secondary N) is 1. The van der Waals surface area contributed by atoms with Gasteiger partial charge in [-0.1, -0.05) is 18.2 Å². The number of carbonyl (C=O) groups excluding carboxylic acids is 2. The summed E-state index contributed by atoms with van der Waals surface area (Å²) in [6.45, 7) is 2.69. The Labute approximate surface area is 208 Å². The number of likely N-dealkylation sites (tertiary alicyclic amines) is 1. The van der Waals surface area contributed by atoms with Crippen molar-refractivity contribution in [1.29, 1.82) is 5.26 Å². The van der Waals surface area contributed by atoms with E-state index in [1.165, 1.54) is 18.3 Å². The van der Waals surface area contributed by atoms with Gasteiger partial charge in [-0.3, -0.25) is 14.8 Å². The van der Waals surface area contributed by atoms with Crippen molar-refractivity contribution < 1.29 is 14.0 Å². The molecule has 2 saturated heterocycles. The number of hydrogen-bond acceptors (Lipinski definition) is 5. The summed E-state index contributed by atoms with van der Waals surface area (Å²) in [5, 5.41) is 12.3. The molecule has 2 aromatic heterocycles. The third-order valence-electron chi connectivity index (χ3n) is 7.18. The van der Waals surface area contributed by atoms with Gasteiger partial charge in [0.15, 0.2) is 0 Å². The van der Waals surface area contributed by atoms with Gasteiger partial charge in [-0.15, -0.1) is 0 Å². The number of pyridine rings is 2. The van der Waals surface area contributed by atoms with E-state index in [9.17, 15) is 19.2 Å². The standard InChI is InChI=1S/C27H25FN6O2/c1-18(20-5-7-21(28)8-6-20)32-26(36)33-12-9-27(10-13-33)24(23-4-2-3-11-31-23)34(25(27)35)22-14-19(15-29)16-30-17-22/h2-8,11,14,16-18,24H,9-10,12-13H2,1H3,(H,32,36)/t18-,24?/m0/s1. The average Bonchev–Trinajstić information content (AvgIpc) is 2.92. The van der Waals surface area contributed by atoms with Crippen LogP contribution in [0.4, 0.5) is 14.9 Å². The van der Waals surface area contributed by atoms with E-state index in [1.807, 2.05) is 25.1 Å². The van der Waals surface area contributed by atoms with Gasteiger partial charge >= 0.3 is 6.03 Å². The molecule has 2 aliphatic heterocycles. The van der Waals surface area contributed by atoms with Crippen molar-refractivity contribution >= 4 is 17.6 Å². The lowest BCUT2D eigenvalue weighted by Crippen LogP contribution is -2.67. The molecule has 2 aliphatic rings. The molecule has 0 aliphatic carbocycles. The molecule has 9 heteroatoms. The maximum absolute atomic E-state index is 13.6. The van der Waals surface area contributed by atoms with Gasteiger partial charge in [-0.25, -0.2) is 9.18 Å². The lowest BCUT2D eigenvalue weighted by atomic mass is 9.63. The number of urea groups is 1. The molecule has 4 heterocycles. The second-order valence-corrected chi connectivity index (χ2v) is 9.24. The molecule has 0 radical (unpaired) electrons. The third-order valence-corrected chi connectivity index (χ3v) is 7.18. The molecular formula is C27H25FN6O2. The van der Waals surface area contributed by atoms with Crippen LogP contribution < -0.4 is 10.2 Å². The van der Waals surface area contributed by atoms with E-state index in [4.69, 9.17) is 0 Å². The van der Waals surface area contributed by atoms with Crippen molar-refractivity contribution in [3.63, 3.8) is 0 Å². The fourth-order valence-corrected chi connectivity index (χ4v) is 5.20. The van der Waals surface area contributed by atoms with Gasteiger partial charge in [0.25, 0.3) is 0 Å². The van der Waals surface area contributed by atoms with Crippen LogP contribution in [0, 0.1) is 22.6 Å². The van der Waals surface area contributed by atoms with E-state index in [0.29, 0.717) is 37.2 Å². The first kappa shape index (κ1) is 23.4. The maximum Gasteiger partial charge on any atom is 0.317 e. The van der Waals surface area contributed by atoms with Crippen molar-refractivity contribution in [2.24, 2.45) is 5.41 Å². The number of nitrogens with zero attached hydrogens (tertiary/aromatic N) is 5. The summed E-state index contributed by atoms with van der Waals surface area (Å²) in [6, 6.07) is 14.6. The Morgan fingerprint density at radius 2 is 1.94 bits per heavy atom. The number of anilines is 1. The Bertz CT molecular complexity index is 1320. The minimum absolute atomic E-state index is 0.0465. The topological polar surface area (TPSA) is 102 Å². The fourth-order valence-electron chi connectivity index (χ4n) is 5.20. The Morgan fingerprint density at radius 3 is 2.61 bits per heavy atom. The summed E-state index contributed by atoms with van der Waals surface area (Å²) in [6.07, 6.45) is 5.73. The second kappa shape index (κ2) is 9.38. The monoisotopic (exact) mass is 484 g/mol. The van der Waals surface area contributed by atoms with E-state index < -0.39 is 5.41 Å². The zero-order chi connectivity index (χ0) is 25.3. The zero-order valence-electron chi connectivity index (χ0n) is 19.8. The van der Waals surface area contributed by atoms with Crippen LogP contribution in [0.25, 0.3) is 0 Å². The molecule has 5 rings (SSSR count). The third kappa shape index (κ3) is 4.05. The lowest BCUT2D eigenvalue weighted by molar-refractivity contribution is -0.144. The quantitative estimate of drug-likeness (QED) is 0.561. The molecule has 8 nitrogen and oxygen atoms in total. The summed E-state index contributed by atoms with van der Waals surface area (Å²) in [5.41, 5.74) is 1.83. The summed E-state index contributed by atoms with van der Waals surface area (Å²) in [7, 11) is 0. The number of benzene rings is 1. The van der Waals surface area contributed by atoms with Gasteiger partial charge < -0.3 is 15.1 Å². The summed E-state index contributed by atoms with van der Waals surface area (Å²) >= 11 is 0. The molecule has 1 aromatic carbocycles. The molecule has 1 unspecified atom stereocenters. The number of halogens is 1. The predicted molar refractivity (Wildman–Crippen MR) is 130 cm³/mol. The number of piperidine rings is 1. The molecule has 1 spiro atoms. The Hall–Kier alpha value is -4.32. The predicted octanol–water partition coefficient (Wildman–Crippen LogP) is 4.13. The van der Waals surface area contributed by atoms with E-state index in [0.717, 1.165) is 11.3 Å². The molecule has 0 bridgehead atoms. The van der Waals surface area contributed by atoms with Gasteiger partial charge in [-0.2, -0.15) is 5.26 Å². The van der Waals surface area contributed by atoms with Crippen LogP contribution in [-0.4, -0.2) is 39.9 Å². The van der Waals surface area contributed by atoms with Crippen molar-refractivity contribution in [2.45, 2.75) is 31.8 Å². The Morgan fingerprint density at radius 1 is 1.19 bits per heavy atom. The number of carbonyl (C=O) groups is 2. The molecule has 36 heavy (non-hydrogen) atoms. The highest BCUT2D eigenvalue weighted by molar-refractivity contribution is 6.06. The molecule has 0 saturated carbocycles. The summed E-state index contributed by atoms with van der Waals surface area (Å²) in [5.74, 6) is -0.370. The Kier molecular flexibility index (Phi) is 6.10. The van der Waals surface area contributed by atoms with Gasteiger partial charge in [0.05, 0.1) is 40.6 Å². The largest absolute Gasteiger partial charge is 0.331 e. The molecule has 2 fully saturated rings. The highest BCUT2D eigenvalue weighted by atomic mass is 19.1. The van der Waals surface area contributed by atoms with Gasteiger partial charge in [0.2, 0.25) is 5.91 Å². The second-order valence-electron chi connectivity index (χ2n) is 9.24. The first-order valence-electron chi connectivity index (χ1n) is 11.8. The number of β-lactam (4-membered cyclic amide) rings is 1. The van der Waals surface area contributed by atoms with Gasteiger partial charge in [-0.05, 0) is 55.7 Å². The van der Waals surface area contributed by atoms with Crippen molar-refractivity contribution in [3.05, 3.63) is 89.8 Å². The first-order valence-corrected chi connectivity index (χ1v) is 11.8. The van der Waals surface area contributed by atoms with Crippen LogP contribution in [0.15, 0.2) is 67.1 Å². The lowest BCUT2D eigenvalue weighted by Gasteiger charge is -2.58. The van der Waals surface area contributed by atoms with Gasteiger partial charge in [0.1, 0.15) is 11.9 Å². The number of hydrogen-bond donors (Lipinski definition) is 1. The first-order chi connectivity index (χ1) is 17.4. The van der Waals surface area contributed by atoms with Crippen molar-refractivity contribution in [1.82, 2.24) is 20.2 Å². The smallest absolute Gasteiger partial charge is 0.317 e. The summed E-state index contributed by atoms with van der Waals surface area (Å²) < 4.78 is 13.2. The average molecular weight is 485 g/mol. The zero-order valence-corrected chi connectivity index (χ0v) is 19.8. The minimum Gasteiger partial charge on any atom is -0.331 e. The minimum atomic E-state index is -0.684. The van der Waals surface area contributed by atoms with Gasteiger partial charge in [0, 0.05) is 25.5 Å². The van der Waals surface area contributed by atoms with E-state index >= 15 is 0 Å². The number of rotatable bonds is 4. The molecule has 3 amide bonds.